The van der Waals surface area contributed by atoms with Crippen molar-refractivity contribution in [2.45, 2.75) is 19.6 Å². The Balaban J connectivity index is 0.00000144. The maximum atomic E-state index is 9.14. The molecule has 0 aromatic heterocycles. The van der Waals surface area contributed by atoms with E-state index in [4.69, 9.17) is 15.9 Å². The Bertz CT molecular complexity index is 276. The van der Waals surface area contributed by atoms with Crippen LogP contribution in [0.2, 0.25) is 0 Å². The molecule has 1 rings (SSSR count). The first-order chi connectivity index (χ1) is 5.65. The molecule has 1 aromatic rings. The summed E-state index contributed by atoms with van der Waals surface area (Å²) in [5.41, 5.74) is 7.19. The number of halogens is 1. The summed E-state index contributed by atoms with van der Waals surface area (Å²) in [6, 6.07) is 4.63. The van der Waals surface area contributed by atoms with E-state index < -0.39 is 0 Å². The summed E-state index contributed by atoms with van der Waals surface area (Å²) >= 11 is 0. The Labute approximate surface area is 83.6 Å². The highest BCUT2D eigenvalue weighted by atomic mass is 35.5. The first-order valence-electron chi connectivity index (χ1n) is 3.83. The van der Waals surface area contributed by atoms with Crippen LogP contribution in [-0.4, -0.2) is 10.2 Å². The minimum absolute atomic E-state index is 0. The van der Waals surface area contributed by atoms with Gasteiger partial charge in [0, 0.05) is 6.04 Å². The number of aliphatic hydroxyl groups excluding tert-OH is 1. The van der Waals surface area contributed by atoms with E-state index >= 15 is 0 Å². The summed E-state index contributed by atoms with van der Waals surface area (Å²) in [6.45, 7) is 1.77. The smallest absolute Gasteiger partial charge is 0.115 e. The Morgan fingerprint density at radius 2 is 2.08 bits per heavy atom. The lowest BCUT2D eigenvalue weighted by molar-refractivity contribution is 0.280. The number of hydrogen-bond donors (Lipinski definition) is 3. The van der Waals surface area contributed by atoms with Crippen LogP contribution in [0.15, 0.2) is 18.2 Å². The average Bonchev–Trinajstić information content (AvgIpc) is 2.04. The fraction of sp³-hybridized carbons (Fsp3) is 0.333. The lowest BCUT2D eigenvalue weighted by atomic mass is 10.0. The van der Waals surface area contributed by atoms with Crippen molar-refractivity contribution in [2.24, 2.45) is 5.73 Å². The molecule has 0 radical (unpaired) electrons. The van der Waals surface area contributed by atoms with Crippen molar-refractivity contribution >= 4 is 12.4 Å². The maximum absolute atomic E-state index is 9.14. The van der Waals surface area contributed by atoms with Crippen LogP contribution < -0.4 is 5.73 Å². The van der Waals surface area contributed by atoms with Crippen molar-refractivity contribution < 1.29 is 10.2 Å². The Morgan fingerprint density at radius 1 is 1.46 bits per heavy atom. The molecule has 4 heteroatoms. The van der Waals surface area contributed by atoms with Crippen molar-refractivity contribution in [1.82, 2.24) is 0 Å². The van der Waals surface area contributed by atoms with E-state index in [1.165, 1.54) is 6.07 Å². The monoisotopic (exact) mass is 203 g/mol. The number of nitrogens with two attached hydrogens (primary N) is 1. The van der Waals surface area contributed by atoms with Gasteiger partial charge in [-0.05, 0) is 30.2 Å². The molecule has 1 atom stereocenters. The molecule has 0 fully saturated rings. The van der Waals surface area contributed by atoms with E-state index in [0.717, 1.165) is 11.1 Å². The minimum atomic E-state index is -0.167. The Hall–Kier alpha value is -0.770. The van der Waals surface area contributed by atoms with Gasteiger partial charge in [0.05, 0.1) is 6.61 Å². The first-order valence-corrected chi connectivity index (χ1v) is 3.83. The molecule has 1 unspecified atom stereocenters. The van der Waals surface area contributed by atoms with Gasteiger partial charge in [0.1, 0.15) is 5.75 Å². The quantitative estimate of drug-likeness (QED) is 0.680. The lowest BCUT2D eigenvalue weighted by Gasteiger charge is -2.10. The fourth-order valence-electron chi connectivity index (χ4n) is 1.15. The first kappa shape index (κ1) is 12.2. The zero-order chi connectivity index (χ0) is 9.14. The number of phenolic OH excluding ortho intramolecular Hbond substituents is 1. The molecule has 0 amide bonds. The standard InChI is InChI=1S/C9H13NO2.ClH/c1-6(10)9-4-8(12)3-2-7(9)5-11;/h2-4,6,11-12H,5,10H2,1H3;1H. The largest absolute Gasteiger partial charge is 0.508 e. The normalized spacial score (nSPS) is 11.9. The molecule has 0 heterocycles. The number of benzene rings is 1. The van der Waals surface area contributed by atoms with Crippen LogP contribution in [0, 0.1) is 0 Å². The number of hydrogen-bond acceptors (Lipinski definition) is 3. The number of aromatic hydroxyl groups is 1. The highest BCUT2D eigenvalue weighted by Gasteiger charge is 2.06. The summed E-state index contributed by atoms with van der Waals surface area (Å²) in [6.07, 6.45) is 0. The number of phenols is 1. The third-order valence-electron chi connectivity index (χ3n) is 1.79. The van der Waals surface area contributed by atoms with Gasteiger partial charge < -0.3 is 15.9 Å². The van der Waals surface area contributed by atoms with Crippen LogP contribution in [0.4, 0.5) is 0 Å². The molecule has 0 bridgehead atoms. The number of aliphatic hydroxyl groups is 1. The Kier molecular flexibility index (Phi) is 4.77. The highest BCUT2D eigenvalue weighted by Crippen LogP contribution is 2.21. The lowest BCUT2D eigenvalue weighted by Crippen LogP contribution is -2.08. The van der Waals surface area contributed by atoms with Crippen LogP contribution in [0.3, 0.4) is 0 Å². The second-order valence-corrected chi connectivity index (χ2v) is 2.83. The third-order valence-corrected chi connectivity index (χ3v) is 1.79. The van der Waals surface area contributed by atoms with Gasteiger partial charge in [-0.2, -0.15) is 0 Å². The second kappa shape index (κ2) is 5.07. The summed E-state index contributed by atoms with van der Waals surface area (Å²) in [4.78, 5) is 0. The van der Waals surface area contributed by atoms with Gasteiger partial charge in [-0.15, -0.1) is 12.4 Å². The van der Waals surface area contributed by atoms with Gasteiger partial charge in [-0.25, -0.2) is 0 Å². The molecule has 4 N–H and O–H groups in total. The summed E-state index contributed by atoms with van der Waals surface area (Å²) in [5, 5.41) is 18.1. The van der Waals surface area contributed by atoms with Crippen LogP contribution in [-0.2, 0) is 6.61 Å². The molecule has 0 aliphatic carbocycles. The summed E-state index contributed by atoms with van der Waals surface area (Å²) in [5.74, 6) is 0.180. The van der Waals surface area contributed by atoms with Crippen molar-refractivity contribution in [2.75, 3.05) is 0 Å². The maximum Gasteiger partial charge on any atom is 0.115 e. The van der Waals surface area contributed by atoms with Crippen molar-refractivity contribution in [3.63, 3.8) is 0 Å². The molecule has 13 heavy (non-hydrogen) atoms. The van der Waals surface area contributed by atoms with E-state index in [2.05, 4.69) is 0 Å². The molecule has 74 valence electrons. The molecular formula is C9H14ClNO2. The SMILES string of the molecule is CC(N)c1cc(O)ccc1CO.Cl. The molecule has 0 spiro atoms. The molecule has 1 aromatic carbocycles. The topological polar surface area (TPSA) is 66.5 Å². The van der Waals surface area contributed by atoms with Crippen molar-refractivity contribution in [3.05, 3.63) is 29.3 Å². The van der Waals surface area contributed by atoms with E-state index in [9.17, 15) is 0 Å². The van der Waals surface area contributed by atoms with E-state index in [-0.39, 0.29) is 30.8 Å². The zero-order valence-corrected chi connectivity index (χ0v) is 8.21. The van der Waals surface area contributed by atoms with Gasteiger partial charge in [-0.3, -0.25) is 0 Å². The molecule has 0 aliphatic rings. The highest BCUT2D eigenvalue weighted by molar-refractivity contribution is 5.85. The predicted octanol–water partition coefficient (Wildman–Crippen LogP) is 1.33. The summed E-state index contributed by atoms with van der Waals surface area (Å²) in [7, 11) is 0. The molecule has 3 nitrogen and oxygen atoms in total. The molecule has 0 aliphatic heterocycles. The molecule has 0 saturated heterocycles. The molecule has 0 saturated carbocycles. The average molecular weight is 204 g/mol. The van der Waals surface area contributed by atoms with Gasteiger partial charge >= 0.3 is 0 Å². The fourth-order valence-corrected chi connectivity index (χ4v) is 1.15. The van der Waals surface area contributed by atoms with Gasteiger partial charge in [0.25, 0.3) is 0 Å². The third kappa shape index (κ3) is 2.88. The van der Waals surface area contributed by atoms with Gasteiger partial charge in [0.15, 0.2) is 0 Å². The van der Waals surface area contributed by atoms with Gasteiger partial charge in [-0.1, -0.05) is 6.07 Å². The van der Waals surface area contributed by atoms with Gasteiger partial charge in [0.2, 0.25) is 0 Å². The van der Waals surface area contributed by atoms with E-state index in [0.29, 0.717) is 0 Å². The Morgan fingerprint density at radius 3 is 2.54 bits per heavy atom. The zero-order valence-electron chi connectivity index (χ0n) is 7.40. The minimum Gasteiger partial charge on any atom is -0.508 e. The van der Waals surface area contributed by atoms with Crippen molar-refractivity contribution in [3.8, 4) is 5.75 Å². The molecular weight excluding hydrogens is 190 g/mol. The van der Waals surface area contributed by atoms with Crippen molar-refractivity contribution in [1.29, 1.82) is 0 Å². The van der Waals surface area contributed by atoms with Crippen LogP contribution >= 0.6 is 12.4 Å². The van der Waals surface area contributed by atoms with E-state index in [1.54, 1.807) is 12.1 Å². The van der Waals surface area contributed by atoms with E-state index in [1.807, 2.05) is 6.92 Å². The van der Waals surface area contributed by atoms with Crippen LogP contribution in [0.1, 0.15) is 24.1 Å². The predicted molar refractivity (Wildman–Crippen MR) is 53.9 cm³/mol. The van der Waals surface area contributed by atoms with Crippen LogP contribution in [0.5, 0.6) is 5.75 Å². The number of rotatable bonds is 2. The second-order valence-electron chi connectivity index (χ2n) is 2.83. The van der Waals surface area contributed by atoms with Crippen LogP contribution in [0.25, 0.3) is 0 Å². The summed E-state index contributed by atoms with van der Waals surface area (Å²) < 4.78 is 0.